The molecular formula is C15H10IN5S. The van der Waals surface area contributed by atoms with E-state index in [-0.39, 0.29) is 0 Å². The van der Waals surface area contributed by atoms with Gasteiger partial charge in [0.05, 0.1) is 26.0 Å². The fourth-order valence-electron chi connectivity index (χ4n) is 3.03. The predicted octanol–water partition coefficient (Wildman–Crippen LogP) is 3.62. The summed E-state index contributed by atoms with van der Waals surface area (Å²) >= 11 is 4.12. The maximum Gasteiger partial charge on any atom is 0.158 e. The molecular weight excluding hydrogens is 409 g/mol. The molecule has 108 valence electrons. The monoisotopic (exact) mass is 419 g/mol. The van der Waals surface area contributed by atoms with Crippen LogP contribution < -0.4 is 0 Å². The molecule has 0 amide bonds. The van der Waals surface area contributed by atoms with Crippen LogP contribution in [0.3, 0.4) is 0 Å². The molecule has 0 saturated carbocycles. The number of benzene rings is 1. The van der Waals surface area contributed by atoms with Crippen LogP contribution in [0.25, 0.3) is 27.4 Å². The molecule has 0 unspecified atom stereocenters. The van der Waals surface area contributed by atoms with Gasteiger partial charge in [-0.25, -0.2) is 4.98 Å². The number of aryl methyl sites for hydroxylation is 1. The van der Waals surface area contributed by atoms with Crippen molar-refractivity contribution >= 4 is 45.0 Å². The van der Waals surface area contributed by atoms with Gasteiger partial charge >= 0.3 is 0 Å². The molecule has 22 heavy (non-hydrogen) atoms. The van der Waals surface area contributed by atoms with Gasteiger partial charge in [-0.15, -0.1) is 21.5 Å². The molecule has 0 bridgehead atoms. The fraction of sp³-hybridized carbons (Fsp3) is 0.133. The Labute approximate surface area is 143 Å². The second kappa shape index (κ2) is 4.39. The molecule has 0 aliphatic carbocycles. The highest BCUT2D eigenvalue weighted by molar-refractivity contribution is 14.1. The van der Waals surface area contributed by atoms with Crippen LogP contribution in [-0.4, -0.2) is 24.3 Å². The fourth-order valence-corrected chi connectivity index (χ4v) is 4.92. The molecule has 0 spiro atoms. The van der Waals surface area contributed by atoms with Gasteiger partial charge in [0.1, 0.15) is 16.6 Å². The first-order valence-corrected chi connectivity index (χ1v) is 8.78. The Hall–Kier alpha value is -1.74. The first-order chi connectivity index (χ1) is 10.7. The first-order valence-electron chi connectivity index (χ1n) is 6.88. The Bertz CT molecular complexity index is 1040. The third kappa shape index (κ3) is 1.60. The van der Waals surface area contributed by atoms with Crippen molar-refractivity contribution in [2.75, 3.05) is 0 Å². The summed E-state index contributed by atoms with van der Waals surface area (Å²) < 4.78 is 5.64. The van der Waals surface area contributed by atoms with E-state index in [0.29, 0.717) is 6.54 Å². The standard InChI is InChI=1S/C15H10IN5S/c1-8-18-19-13-7-20-11-5-3-2-4-10(11)17-14(20)9-6-12(16)22-15(9)21(8)13/h2-6H,7H2,1H3. The van der Waals surface area contributed by atoms with Crippen LogP contribution in [0.15, 0.2) is 30.3 Å². The molecule has 0 radical (unpaired) electrons. The van der Waals surface area contributed by atoms with E-state index in [2.05, 4.69) is 66.2 Å². The van der Waals surface area contributed by atoms with Gasteiger partial charge in [0.2, 0.25) is 0 Å². The van der Waals surface area contributed by atoms with Crippen molar-refractivity contribution in [2.45, 2.75) is 13.5 Å². The number of thiophene rings is 1. The van der Waals surface area contributed by atoms with Crippen molar-refractivity contribution in [1.82, 2.24) is 24.3 Å². The average Bonchev–Trinajstić information content (AvgIpc) is 3.14. The first kappa shape index (κ1) is 12.8. The van der Waals surface area contributed by atoms with Gasteiger partial charge in [-0.1, -0.05) is 12.1 Å². The zero-order valence-corrected chi connectivity index (χ0v) is 14.6. The third-order valence-corrected chi connectivity index (χ3v) is 5.85. The Balaban J connectivity index is 1.95. The van der Waals surface area contributed by atoms with Crippen LogP contribution in [-0.2, 0) is 6.54 Å². The number of para-hydroxylation sites is 2. The van der Waals surface area contributed by atoms with Gasteiger partial charge in [0.25, 0.3) is 0 Å². The van der Waals surface area contributed by atoms with Crippen LogP contribution in [0.2, 0.25) is 0 Å². The molecule has 1 aromatic carbocycles. The molecule has 5 nitrogen and oxygen atoms in total. The van der Waals surface area contributed by atoms with Gasteiger partial charge in [-0.2, -0.15) is 0 Å². The van der Waals surface area contributed by atoms with E-state index in [4.69, 9.17) is 4.98 Å². The highest BCUT2D eigenvalue weighted by Gasteiger charge is 2.26. The molecule has 4 aromatic rings. The van der Waals surface area contributed by atoms with E-state index >= 15 is 0 Å². The van der Waals surface area contributed by atoms with Gasteiger partial charge in [-0.3, -0.25) is 4.57 Å². The number of hydrogen-bond donors (Lipinski definition) is 0. The normalized spacial score (nSPS) is 12.8. The van der Waals surface area contributed by atoms with Crippen LogP contribution in [0.5, 0.6) is 0 Å². The van der Waals surface area contributed by atoms with Gasteiger partial charge in [0, 0.05) is 0 Å². The second-order valence-corrected chi connectivity index (χ2v) is 8.20. The summed E-state index contributed by atoms with van der Waals surface area (Å²) in [4.78, 5) is 4.86. The third-order valence-electron chi connectivity index (χ3n) is 3.97. The topological polar surface area (TPSA) is 48.5 Å². The van der Waals surface area contributed by atoms with Crippen molar-refractivity contribution in [2.24, 2.45) is 0 Å². The summed E-state index contributed by atoms with van der Waals surface area (Å²) in [7, 11) is 0. The lowest BCUT2D eigenvalue weighted by Crippen LogP contribution is -2.04. The predicted molar refractivity (Wildman–Crippen MR) is 94.5 cm³/mol. The van der Waals surface area contributed by atoms with Crippen molar-refractivity contribution in [3.63, 3.8) is 0 Å². The molecule has 0 fully saturated rings. The lowest BCUT2D eigenvalue weighted by molar-refractivity contribution is 0.762. The highest BCUT2D eigenvalue weighted by Crippen LogP contribution is 2.39. The van der Waals surface area contributed by atoms with Crippen molar-refractivity contribution in [1.29, 1.82) is 0 Å². The molecule has 5 rings (SSSR count). The summed E-state index contributed by atoms with van der Waals surface area (Å²) in [6.45, 7) is 2.69. The number of halogens is 1. The minimum absolute atomic E-state index is 0.689. The van der Waals surface area contributed by atoms with E-state index < -0.39 is 0 Å². The van der Waals surface area contributed by atoms with E-state index in [9.17, 15) is 0 Å². The van der Waals surface area contributed by atoms with Gasteiger partial charge < -0.3 is 4.57 Å². The number of aromatic nitrogens is 5. The Morgan fingerprint density at radius 2 is 2.09 bits per heavy atom. The summed E-state index contributed by atoms with van der Waals surface area (Å²) in [5.74, 6) is 2.89. The number of nitrogens with zero attached hydrogens (tertiary/aromatic N) is 5. The molecule has 0 saturated heterocycles. The Kier molecular flexibility index (Phi) is 2.55. The Morgan fingerprint density at radius 1 is 1.23 bits per heavy atom. The summed E-state index contributed by atoms with van der Waals surface area (Å²) in [5, 5.41) is 9.81. The lowest BCUT2D eigenvalue weighted by atomic mass is 10.3. The molecule has 0 atom stereocenters. The van der Waals surface area contributed by atoms with Crippen molar-refractivity contribution in [3.05, 3.63) is 44.9 Å². The van der Waals surface area contributed by atoms with Crippen LogP contribution in [0, 0.1) is 9.81 Å². The van der Waals surface area contributed by atoms with Gasteiger partial charge in [0.15, 0.2) is 5.82 Å². The van der Waals surface area contributed by atoms with E-state index in [1.54, 1.807) is 11.3 Å². The van der Waals surface area contributed by atoms with E-state index in [0.717, 1.165) is 39.1 Å². The molecule has 3 aromatic heterocycles. The van der Waals surface area contributed by atoms with Crippen LogP contribution in [0.4, 0.5) is 0 Å². The number of imidazole rings is 1. The molecule has 4 heterocycles. The van der Waals surface area contributed by atoms with Gasteiger partial charge in [-0.05, 0) is 47.7 Å². The molecule has 1 aliphatic rings. The minimum Gasteiger partial charge on any atom is -0.316 e. The van der Waals surface area contributed by atoms with Crippen molar-refractivity contribution in [3.8, 4) is 16.4 Å². The smallest absolute Gasteiger partial charge is 0.158 e. The van der Waals surface area contributed by atoms with E-state index in [1.165, 1.54) is 2.88 Å². The largest absolute Gasteiger partial charge is 0.316 e. The van der Waals surface area contributed by atoms with E-state index in [1.807, 2.05) is 13.0 Å². The Morgan fingerprint density at radius 3 is 3.00 bits per heavy atom. The lowest BCUT2D eigenvalue weighted by Gasteiger charge is -2.04. The zero-order chi connectivity index (χ0) is 14.8. The zero-order valence-electron chi connectivity index (χ0n) is 11.6. The minimum atomic E-state index is 0.689. The molecule has 0 N–H and O–H groups in total. The maximum atomic E-state index is 4.86. The van der Waals surface area contributed by atoms with Crippen LogP contribution >= 0.6 is 33.9 Å². The second-order valence-electron chi connectivity index (χ2n) is 5.28. The SMILES string of the molecule is Cc1nnc2n1-c1sc(I)cc1-c1nc3ccccc3n1C2. The summed E-state index contributed by atoms with van der Waals surface area (Å²) in [6, 6.07) is 10.5. The van der Waals surface area contributed by atoms with Crippen molar-refractivity contribution < 1.29 is 0 Å². The summed E-state index contributed by atoms with van der Waals surface area (Å²) in [5.41, 5.74) is 3.32. The molecule has 1 aliphatic heterocycles. The molecule has 7 heteroatoms. The summed E-state index contributed by atoms with van der Waals surface area (Å²) in [6.07, 6.45) is 0. The number of hydrogen-bond acceptors (Lipinski definition) is 4. The quantitative estimate of drug-likeness (QED) is 0.361. The highest BCUT2D eigenvalue weighted by atomic mass is 127. The average molecular weight is 419 g/mol. The van der Waals surface area contributed by atoms with Crippen LogP contribution in [0.1, 0.15) is 11.6 Å². The number of rotatable bonds is 0. The maximum absolute atomic E-state index is 4.86. The number of fused-ring (bicyclic) bond motifs is 7.